The molecule has 1 aromatic carbocycles. The van der Waals surface area contributed by atoms with Crippen LogP contribution in [0.5, 0.6) is 0 Å². The summed E-state index contributed by atoms with van der Waals surface area (Å²) in [5.41, 5.74) is 7.17. The van der Waals surface area contributed by atoms with Gasteiger partial charge in [0.05, 0.1) is 0 Å². The van der Waals surface area contributed by atoms with Crippen molar-refractivity contribution in [3.8, 4) is 5.69 Å². The molecule has 1 unspecified atom stereocenters. The van der Waals surface area contributed by atoms with Crippen LogP contribution in [0.2, 0.25) is 0 Å². The first-order chi connectivity index (χ1) is 9.75. The van der Waals surface area contributed by atoms with Crippen molar-refractivity contribution in [3.63, 3.8) is 0 Å². The maximum atomic E-state index is 6.01. The van der Waals surface area contributed by atoms with Gasteiger partial charge in [0.15, 0.2) is 0 Å². The van der Waals surface area contributed by atoms with Crippen LogP contribution in [0.15, 0.2) is 42.7 Å². The lowest BCUT2D eigenvalue weighted by Crippen LogP contribution is -2.40. The van der Waals surface area contributed by atoms with E-state index in [9.17, 15) is 0 Å². The van der Waals surface area contributed by atoms with Crippen LogP contribution in [-0.4, -0.2) is 28.7 Å². The molecule has 106 valence electrons. The number of rotatable bonds is 3. The van der Waals surface area contributed by atoms with Crippen LogP contribution in [0.3, 0.4) is 0 Å². The minimum atomic E-state index is 0.297. The highest BCUT2D eigenvalue weighted by Gasteiger charge is 2.24. The number of aromatic nitrogens is 2. The fourth-order valence-electron chi connectivity index (χ4n) is 2.94. The molecular weight excluding hydrogens is 248 g/mol. The minimum Gasteiger partial charge on any atom is -0.342 e. The Balaban J connectivity index is 1.78. The maximum absolute atomic E-state index is 6.01. The van der Waals surface area contributed by atoms with Crippen LogP contribution < -0.4 is 10.6 Å². The van der Waals surface area contributed by atoms with Gasteiger partial charge in [0.2, 0.25) is 5.95 Å². The molecule has 1 aliphatic heterocycles. The Labute approximate surface area is 120 Å². The minimum absolute atomic E-state index is 0.297. The summed E-state index contributed by atoms with van der Waals surface area (Å²) >= 11 is 0. The van der Waals surface area contributed by atoms with Crippen LogP contribution in [-0.2, 0) is 0 Å². The molecule has 20 heavy (non-hydrogen) atoms. The number of nitrogens with zero attached hydrogens (tertiary/aromatic N) is 3. The molecule has 2 heterocycles. The Kier molecular flexibility index (Phi) is 3.74. The highest BCUT2D eigenvalue weighted by Crippen LogP contribution is 2.25. The molecule has 0 bridgehead atoms. The van der Waals surface area contributed by atoms with Gasteiger partial charge in [-0.15, -0.1) is 0 Å². The zero-order valence-electron chi connectivity index (χ0n) is 11.9. The largest absolute Gasteiger partial charge is 0.342 e. The van der Waals surface area contributed by atoms with E-state index in [4.69, 9.17) is 5.73 Å². The fourth-order valence-corrected chi connectivity index (χ4v) is 2.94. The lowest BCUT2D eigenvalue weighted by atomic mass is 9.91. The van der Waals surface area contributed by atoms with Crippen molar-refractivity contribution in [2.24, 2.45) is 11.7 Å². The number of anilines is 1. The second-order valence-corrected chi connectivity index (χ2v) is 5.62. The number of imidazole rings is 1. The van der Waals surface area contributed by atoms with Crippen LogP contribution in [0.25, 0.3) is 5.69 Å². The summed E-state index contributed by atoms with van der Waals surface area (Å²) in [6.07, 6.45) is 6.21. The van der Waals surface area contributed by atoms with Gasteiger partial charge >= 0.3 is 0 Å². The topological polar surface area (TPSA) is 47.1 Å². The fraction of sp³-hybridized carbons (Fsp3) is 0.438. The molecule has 0 spiro atoms. The zero-order valence-corrected chi connectivity index (χ0v) is 11.9. The van der Waals surface area contributed by atoms with E-state index in [0.29, 0.717) is 12.0 Å². The van der Waals surface area contributed by atoms with E-state index in [-0.39, 0.29) is 0 Å². The summed E-state index contributed by atoms with van der Waals surface area (Å²) in [6.45, 7) is 4.19. The van der Waals surface area contributed by atoms with Crippen LogP contribution >= 0.6 is 0 Å². The lowest BCUT2D eigenvalue weighted by Gasteiger charge is -2.34. The van der Waals surface area contributed by atoms with Gasteiger partial charge in [-0.2, -0.15) is 0 Å². The first-order valence-electron chi connectivity index (χ1n) is 7.35. The SMILES string of the molecule is CC(N)C1CCN(c2nccn2-c2ccccc2)CC1. The van der Waals surface area contributed by atoms with Crippen molar-refractivity contribution in [3.05, 3.63) is 42.7 Å². The molecule has 1 atom stereocenters. The van der Waals surface area contributed by atoms with E-state index < -0.39 is 0 Å². The Morgan fingerprint density at radius 3 is 2.55 bits per heavy atom. The molecule has 1 aromatic heterocycles. The van der Waals surface area contributed by atoms with Gasteiger partial charge in [0, 0.05) is 37.2 Å². The van der Waals surface area contributed by atoms with Crippen molar-refractivity contribution in [2.45, 2.75) is 25.8 Å². The van der Waals surface area contributed by atoms with Crippen LogP contribution in [0.1, 0.15) is 19.8 Å². The average molecular weight is 270 g/mol. The molecule has 1 saturated heterocycles. The Morgan fingerprint density at radius 1 is 1.20 bits per heavy atom. The van der Waals surface area contributed by atoms with Crippen molar-refractivity contribution in [1.29, 1.82) is 0 Å². The van der Waals surface area contributed by atoms with Crippen molar-refractivity contribution < 1.29 is 0 Å². The van der Waals surface area contributed by atoms with Gasteiger partial charge in [0.1, 0.15) is 0 Å². The first kappa shape index (κ1) is 13.2. The normalized spacial score (nSPS) is 18.2. The van der Waals surface area contributed by atoms with Gasteiger partial charge < -0.3 is 10.6 Å². The molecule has 4 heteroatoms. The number of benzene rings is 1. The zero-order chi connectivity index (χ0) is 13.9. The molecule has 0 aliphatic carbocycles. The lowest BCUT2D eigenvalue weighted by molar-refractivity contribution is 0.352. The molecule has 1 fully saturated rings. The molecule has 0 amide bonds. The summed E-state index contributed by atoms with van der Waals surface area (Å²) < 4.78 is 2.16. The number of piperidine rings is 1. The highest BCUT2D eigenvalue weighted by molar-refractivity contribution is 5.43. The van der Waals surface area contributed by atoms with E-state index in [1.54, 1.807) is 0 Å². The molecule has 2 aromatic rings. The standard InChI is InChI=1S/C16H22N4/c1-13(17)14-7-10-19(11-8-14)16-18-9-12-20(16)15-5-3-2-4-6-15/h2-6,9,12-14H,7-8,10-11,17H2,1H3. The van der Waals surface area contributed by atoms with Crippen LogP contribution in [0, 0.1) is 5.92 Å². The highest BCUT2D eigenvalue weighted by atomic mass is 15.3. The maximum Gasteiger partial charge on any atom is 0.210 e. The summed E-state index contributed by atoms with van der Waals surface area (Å²) in [6, 6.07) is 10.7. The van der Waals surface area contributed by atoms with Crippen molar-refractivity contribution in [1.82, 2.24) is 9.55 Å². The van der Waals surface area contributed by atoms with Gasteiger partial charge in [-0.05, 0) is 37.8 Å². The molecule has 4 nitrogen and oxygen atoms in total. The van der Waals surface area contributed by atoms with Gasteiger partial charge in [-0.3, -0.25) is 4.57 Å². The Morgan fingerprint density at radius 2 is 1.90 bits per heavy atom. The molecule has 2 N–H and O–H groups in total. The predicted molar refractivity (Wildman–Crippen MR) is 82.2 cm³/mol. The second kappa shape index (κ2) is 5.67. The summed E-state index contributed by atoms with van der Waals surface area (Å²) in [5.74, 6) is 1.69. The third kappa shape index (κ3) is 2.56. The number of para-hydroxylation sites is 1. The van der Waals surface area contributed by atoms with Crippen LogP contribution in [0.4, 0.5) is 5.95 Å². The third-order valence-electron chi connectivity index (χ3n) is 4.22. The third-order valence-corrected chi connectivity index (χ3v) is 4.22. The Hall–Kier alpha value is -1.81. The average Bonchev–Trinajstić information content (AvgIpc) is 2.97. The molecule has 1 aliphatic rings. The summed E-state index contributed by atoms with van der Waals surface area (Å²) in [5, 5.41) is 0. The molecule has 0 saturated carbocycles. The molecular formula is C16H22N4. The van der Waals surface area contributed by atoms with E-state index >= 15 is 0 Å². The van der Waals surface area contributed by atoms with Crippen molar-refractivity contribution in [2.75, 3.05) is 18.0 Å². The number of hydrogen-bond donors (Lipinski definition) is 1. The van der Waals surface area contributed by atoms with E-state index in [1.165, 1.54) is 0 Å². The number of hydrogen-bond acceptors (Lipinski definition) is 3. The quantitative estimate of drug-likeness (QED) is 0.932. The van der Waals surface area contributed by atoms with Gasteiger partial charge in [0.25, 0.3) is 0 Å². The van der Waals surface area contributed by atoms with Gasteiger partial charge in [-0.1, -0.05) is 18.2 Å². The van der Waals surface area contributed by atoms with Crippen molar-refractivity contribution >= 4 is 5.95 Å². The first-order valence-corrected chi connectivity index (χ1v) is 7.35. The number of nitrogens with two attached hydrogens (primary N) is 1. The smallest absolute Gasteiger partial charge is 0.210 e. The van der Waals surface area contributed by atoms with E-state index in [2.05, 4.69) is 45.6 Å². The second-order valence-electron chi connectivity index (χ2n) is 5.62. The van der Waals surface area contributed by atoms with E-state index in [0.717, 1.165) is 37.6 Å². The molecule has 0 radical (unpaired) electrons. The monoisotopic (exact) mass is 270 g/mol. The van der Waals surface area contributed by atoms with E-state index in [1.807, 2.05) is 18.5 Å². The molecule has 3 rings (SSSR count). The predicted octanol–water partition coefficient (Wildman–Crippen LogP) is 2.44. The van der Waals surface area contributed by atoms with Gasteiger partial charge in [-0.25, -0.2) is 4.98 Å². The summed E-state index contributed by atoms with van der Waals surface area (Å²) in [7, 11) is 0. The summed E-state index contributed by atoms with van der Waals surface area (Å²) in [4.78, 5) is 6.91. The Bertz CT molecular complexity index is 539.